The van der Waals surface area contributed by atoms with E-state index in [9.17, 15) is 0 Å². The molecule has 2 rings (SSSR count). The van der Waals surface area contributed by atoms with E-state index in [1.165, 1.54) is 56.1 Å². The third-order valence-corrected chi connectivity index (χ3v) is 3.92. The van der Waals surface area contributed by atoms with Crippen molar-refractivity contribution in [3.63, 3.8) is 0 Å². The van der Waals surface area contributed by atoms with E-state index in [4.69, 9.17) is 0 Å². The van der Waals surface area contributed by atoms with Gasteiger partial charge in [0.25, 0.3) is 0 Å². The maximum Gasteiger partial charge on any atom is -0.0171 e. The number of hydrogen-bond acceptors (Lipinski definition) is 0. The van der Waals surface area contributed by atoms with Crippen LogP contribution in [-0.4, -0.2) is 0 Å². The van der Waals surface area contributed by atoms with Gasteiger partial charge in [0.1, 0.15) is 0 Å². The topological polar surface area (TPSA) is 0 Å². The molecule has 2 aliphatic rings. The molecule has 0 aromatic heterocycles. The molecule has 1 unspecified atom stereocenters. The molecular formula is C18H28. The van der Waals surface area contributed by atoms with Crippen LogP contribution in [-0.2, 0) is 0 Å². The van der Waals surface area contributed by atoms with Gasteiger partial charge in [-0.25, -0.2) is 0 Å². The van der Waals surface area contributed by atoms with Crippen molar-refractivity contribution in [2.24, 2.45) is 5.92 Å². The second-order valence-corrected chi connectivity index (χ2v) is 5.60. The normalized spacial score (nSPS) is 23.1. The lowest BCUT2D eigenvalue weighted by atomic mass is 9.86. The highest BCUT2D eigenvalue weighted by Crippen LogP contribution is 2.27. The van der Waals surface area contributed by atoms with E-state index in [0.717, 1.165) is 5.92 Å². The molecule has 0 aromatic carbocycles. The summed E-state index contributed by atoms with van der Waals surface area (Å²) < 4.78 is 0. The fraction of sp³-hybridized carbons (Fsp3) is 0.556. The van der Waals surface area contributed by atoms with E-state index in [0.29, 0.717) is 0 Å². The Morgan fingerprint density at radius 1 is 1.28 bits per heavy atom. The quantitative estimate of drug-likeness (QED) is 0.524. The molecule has 0 heteroatoms. The summed E-state index contributed by atoms with van der Waals surface area (Å²) >= 11 is 0. The van der Waals surface area contributed by atoms with Crippen molar-refractivity contribution in [2.75, 3.05) is 0 Å². The smallest absolute Gasteiger partial charge is 0.0171 e. The Morgan fingerprint density at radius 2 is 2.06 bits per heavy atom. The molecule has 0 heterocycles. The van der Waals surface area contributed by atoms with Gasteiger partial charge in [0.15, 0.2) is 0 Å². The Bertz CT molecular complexity index is 341. The van der Waals surface area contributed by atoms with Crippen LogP contribution in [0.3, 0.4) is 0 Å². The van der Waals surface area contributed by atoms with Crippen molar-refractivity contribution in [1.29, 1.82) is 0 Å². The summed E-state index contributed by atoms with van der Waals surface area (Å²) in [6, 6.07) is 0. The molecule has 1 atom stereocenters. The minimum atomic E-state index is 0.767. The molecule has 0 nitrogen and oxygen atoms in total. The van der Waals surface area contributed by atoms with Gasteiger partial charge in [-0.1, -0.05) is 48.1 Å². The van der Waals surface area contributed by atoms with Crippen LogP contribution in [0, 0.1) is 5.92 Å². The molecule has 0 fully saturated rings. The fourth-order valence-electron chi connectivity index (χ4n) is 2.46. The zero-order chi connectivity index (χ0) is 13.4. The molecule has 0 saturated carbocycles. The maximum atomic E-state index is 3.97. The third kappa shape index (κ3) is 5.53. The first-order valence-electron chi connectivity index (χ1n) is 7.26. The number of rotatable bonds is 2. The molecule has 0 bridgehead atoms. The molecule has 100 valence electrons. The molecule has 0 N–H and O–H groups in total. The Hall–Kier alpha value is -1.04. The largest absolute Gasteiger partial charge is 0.0998 e. The summed E-state index contributed by atoms with van der Waals surface area (Å²) in [5.74, 6) is 0.767. The zero-order valence-corrected chi connectivity index (χ0v) is 12.2. The van der Waals surface area contributed by atoms with Crippen molar-refractivity contribution in [1.82, 2.24) is 0 Å². The molecule has 18 heavy (non-hydrogen) atoms. The van der Waals surface area contributed by atoms with E-state index >= 15 is 0 Å². The molecule has 2 aliphatic carbocycles. The van der Waals surface area contributed by atoms with Gasteiger partial charge in [0.2, 0.25) is 0 Å². The first kappa shape index (κ1) is 15.0. The van der Waals surface area contributed by atoms with Gasteiger partial charge >= 0.3 is 0 Å². The van der Waals surface area contributed by atoms with Gasteiger partial charge in [0, 0.05) is 0 Å². The number of hydrogen-bond donors (Lipinski definition) is 0. The van der Waals surface area contributed by atoms with Crippen LogP contribution in [0.5, 0.6) is 0 Å². The van der Waals surface area contributed by atoms with E-state index in [1.54, 1.807) is 5.57 Å². The lowest BCUT2D eigenvalue weighted by molar-refractivity contribution is 0.540. The summed E-state index contributed by atoms with van der Waals surface area (Å²) in [5.41, 5.74) is 4.34. The van der Waals surface area contributed by atoms with E-state index in [1.807, 2.05) is 6.08 Å². The lowest BCUT2D eigenvalue weighted by Crippen LogP contribution is -2.04. The minimum absolute atomic E-state index is 0.767. The highest BCUT2D eigenvalue weighted by molar-refractivity contribution is 5.17. The molecule has 0 amide bonds. The molecular weight excluding hydrogens is 216 g/mol. The van der Waals surface area contributed by atoms with Crippen LogP contribution in [0.15, 0.2) is 48.1 Å². The van der Waals surface area contributed by atoms with Crippen LogP contribution in [0.25, 0.3) is 0 Å². The maximum absolute atomic E-state index is 3.97. The first-order chi connectivity index (χ1) is 8.63. The standard InChI is InChI=1S/C10H16.C8H12/c1-8(2)10-6-4-9(3)5-7-10;1-2-8-6-4-3-5-7-8/h4,10H,1,5-7H2,2-3H3;2,6H,1,3-5,7H2. The van der Waals surface area contributed by atoms with Crippen molar-refractivity contribution in [3.05, 3.63) is 48.1 Å². The molecule has 0 saturated heterocycles. The lowest BCUT2D eigenvalue weighted by Gasteiger charge is -2.19. The second kappa shape index (κ2) is 8.13. The van der Waals surface area contributed by atoms with E-state index in [-0.39, 0.29) is 0 Å². The molecule has 0 radical (unpaired) electrons. The zero-order valence-electron chi connectivity index (χ0n) is 12.2. The van der Waals surface area contributed by atoms with Crippen molar-refractivity contribution >= 4 is 0 Å². The van der Waals surface area contributed by atoms with Crippen LogP contribution in [0.4, 0.5) is 0 Å². The van der Waals surface area contributed by atoms with Crippen molar-refractivity contribution in [3.8, 4) is 0 Å². The van der Waals surface area contributed by atoms with Crippen LogP contribution in [0.2, 0.25) is 0 Å². The van der Waals surface area contributed by atoms with Gasteiger partial charge in [0.05, 0.1) is 0 Å². The highest BCUT2D eigenvalue weighted by atomic mass is 14.2. The third-order valence-electron chi connectivity index (χ3n) is 3.92. The van der Waals surface area contributed by atoms with Gasteiger partial charge in [-0.05, 0) is 64.7 Å². The average molecular weight is 244 g/mol. The predicted molar refractivity (Wildman–Crippen MR) is 82.7 cm³/mol. The summed E-state index contributed by atoms with van der Waals surface area (Å²) in [6.07, 6.45) is 15.7. The van der Waals surface area contributed by atoms with Crippen LogP contribution in [0.1, 0.15) is 58.8 Å². The summed E-state index contributed by atoms with van der Waals surface area (Å²) in [6.45, 7) is 12.0. The first-order valence-corrected chi connectivity index (χ1v) is 7.26. The number of allylic oxidation sites excluding steroid dienone is 6. The molecule has 0 aliphatic heterocycles. The van der Waals surface area contributed by atoms with Crippen molar-refractivity contribution in [2.45, 2.75) is 58.8 Å². The van der Waals surface area contributed by atoms with Gasteiger partial charge in [-0.2, -0.15) is 0 Å². The summed E-state index contributed by atoms with van der Waals surface area (Å²) in [7, 11) is 0. The Labute approximate surface area is 113 Å². The Morgan fingerprint density at radius 3 is 2.44 bits per heavy atom. The summed E-state index contributed by atoms with van der Waals surface area (Å²) in [5, 5.41) is 0. The average Bonchev–Trinajstić information content (AvgIpc) is 2.41. The van der Waals surface area contributed by atoms with Gasteiger partial charge < -0.3 is 0 Å². The molecule has 0 aromatic rings. The highest BCUT2D eigenvalue weighted by Gasteiger charge is 2.11. The Kier molecular flexibility index (Phi) is 6.78. The summed E-state index contributed by atoms with van der Waals surface area (Å²) in [4.78, 5) is 0. The SMILES string of the molecule is C=C(C)C1CC=C(C)CC1.C=CC1=CCCCC1. The van der Waals surface area contributed by atoms with Crippen LogP contribution < -0.4 is 0 Å². The Balaban J connectivity index is 0.000000184. The van der Waals surface area contributed by atoms with E-state index < -0.39 is 0 Å². The second-order valence-electron chi connectivity index (χ2n) is 5.60. The molecule has 0 spiro atoms. The van der Waals surface area contributed by atoms with Gasteiger partial charge in [-0.15, -0.1) is 0 Å². The van der Waals surface area contributed by atoms with Gasteiger partial charge in [-0.3, -0.25) is 0 Å². The van der Waals surface area contributed by atoms with Crippen molar-refractivity contribution < 1.29 is 0 Å². The minimum Gasteiger partial charge on any atom is -0.0998 e. The predicted octanol–water partition coefficient (Wildman–Crippen LogP) is 5.98. The fourth-order valence-corrected chi connectivity index (χ4v) is 2.46. The van der Waals surface area contributed by atoms with E-state index in [2.05, 4.69) is 39.2 Å². The van der Waals surface area contributed by atoms with Crippen LogP contribution >= 0.6 is 0 Å². The monoisotopic (exact) mass is 244 g/mol.